The van der Waals surface area contributed by atoms with Gasteiger partial charge in [0.05, 0.1) is 49.0 Å². The lowest BCUT2D eigenvalue weighted by atomic mass is 9.98. The minimum Gasteiger partial charge on any atom is -0.491 e. The molecular weight excluding hydrogens is 883 g/mol. The van der Waals surface area contributed by atoms with Crippen molar-refractivity contribution in [3.05, 3.63) is 59.8 Å². The number of hydrogen-bond acceptors (Lipinski definition) is 13. The zero-order valence-corrected chi connectivity index (χ0v) is 40.9. The summed E-state index contributed by atoms with van der Waals surface area (Å²) in [6.07, 6.45) is 18.1. The smallest absolute Gasteiger partial charge is 0.239 e. The van der Waals surface area contributed by atoms with Crippen LogP contribution in [0.1, 0.15) is 114 Å². The number of guanidine groups is 2. The molecular formula is C48H71N15O4S. The number of anilines is 4. The van der Waals surface area contributed by atoms with Gasteiger partial charge >= 0.3 is 0 Å². The second-order valence-electron chi connectivity index (χ2n) is 18.0. The highest BCUT2D eigenvalue weighted by molar-refractivity contribution is 7.92. The number of nitrogens with two attached hydrogens (primary N) is 4. The summed E-state index contributed by atoms with van der Waals surface area (Å²) in [5.41, 5.74) is 26.4. The van der Waals surface area contributed by atoms with Crippen molar-refractivity contribution in [2.75, 3.05) is 78.2 Å². The summed E-state index contributed by atoms with van der Waals surface area (Å²) < 4.78 is 40.1. The highest BCUT2D eigenvalue weighted by atomic mass is 32.2. The first-order valence-corrected chi connectivity index (χ1v) is 26.2. The maximum atomic E-state index is 12.1. The third-order valence-corrected chi connectivity index (χ3v) is 12.9. The molecule has 20 heteroatoms. The molecule has 0 spiro atoms. The van der Waals surface area contributed by atoms with Gasteiger partial charge in [-0.3, -0.25) is 4.72 Å². The van der Waals surface area contributed by atoms with Crippen LogP contribution in [0.3, 0.4) is 0 Å². The molecule has 6 heterocycles. The summed E-state index contributed by atoms with van der Waals surface area (Å²) in [6, 6.07) is 15.4. The van der Waals surface area contributed by atoms with E-state index < -0.39 is 10.0 Å². The Labute approximate surface area is 400 Å². The van der Waals surface area contributed by atoms with E-state index in [4.69, 9.17) is 47.5 Å². The van der Waals surface area contributed by atoms with Crippen LogP contribution in [-0.4, -0.2) is 104 Å². The largest absolute Gasteiger partial charge is 0.491 e. The zero-order valence-electron chi connectivity index (χ0n) is 40.1. The van der Waals surface area contributed by atoms with Crippen LogP contribution in [0.25, 0.3) is 16.6 Å². The lowest BCUT2D eigenvalue weighted by Crippen LogP contribution is -2.40. The molecule has 3 aliphatic heterocycles. The van der Waals surface area contributed by atoms with Gasteiger partial charge in [-0.25, -0.2) is 28.4 Å². The number of hydrogen-bond donors (Lipinski definition) is 5. The van der Waals surface area contributed by atoms with Crippen molar-refractivity contribution < 1.29 is 17.9 Å². The molecule has 1 atom stereocenters. The van der Waals surface area contributed by atoms with Crippen LogP contribution < -0.4 is 47.1 Å². The van der Waals surface area contributed by atoms with Gasteiger partial charge in [0, 0.05) is 50.2 Å². The van der Waals surface area contributed by atoms with Crippen LogP contribution in [0.4, 0.5) is 34.8 Å². The lowest BCUT2D eigenvalue weighted by molar-refractivity contribution is 0.122. The molecule has 3 aliphatic rings. The number of aliphatic imine (C=N–C) groups is 2. The molecule has 5 aromatic rings. The summed E-state index contributed by atoms with van der Waals surface area (Å²) in [7, 11) is -3.54. The molecule has 0 aliphatic carbocycles. The van der Waals surface area contributed by atoms with Crippen LogP contribution in [-0.2, 0) is 14.8 Å². The summed E-state index contributed by atoms with van der Waals surface area (Å²) in [5.74, 6) is 3.38. The second-order valence-corrected chi connectivity index (χ2v) is 19.7. The number of aromatic nitrogens is 5. The van der Waals surface area contributed by atoms with Crippen LogP contribution >= 0.6 is 0 Å². The van der Waals surface area contributed by atoms with Crippen molar-refractivity contribution >= 4 is 73.3 Å². The molecule has 0 unspecified atom stereocenters. The van der Waals surface area contributed by atoms with E-state index in [2.05, 4.69) is 59.5 Å². The monoisotopic (exact) mass is 954 g/mol. The summed E-state index contributed by atoms with van der Waals surface area (Å²) in [4.78, 5) is 29.3. The van der Waals surface area contributed by atoms with Crippen molar-refractivity contribution in [3.8, 4) is 5.75 Å². The van der Waals surface area contributed by atoms with Gasteiger partial charge in [0.1, 0.15) is 28.9 Å². The third kappa shape index (κ3) is 13.7. The van der Waals surface area contributed by atoms with E-state index in [0.717, 1.165) is 98.6 Å². The van der Waals surface area contributed by atoms with Crippen molar-refractivity contribution in [3.63, 3.8) is 0 Å². The standard InChI is InChI=1S/C28H35N9O3S.C20H36N6O/c1-19-7-8-21-20(16-19)27(31-28(29-21)33-41(2,38)39)36-11-4-3-6-23(36)22-17-25-30-24(34-9-5-10-34)18-26(37(25)32-22)35-12-14-40-15-13-35;1-2-3-4-5-6-7-8-9-10-11-14-27-18-13-12-16(25-19(21)22)15-17(18)26-20(23)24/h7-8,16-18,23H,3-6,9-15H2,1-2H3,(H,29,31,33);12-13,15H,2-11,14H2,1H3,(H4,21,22,25)(H4,23,24,26)/t23-;/m1./s1. The molecule has 0 bridgehead atoms. The normalized spacial score (nSPS) is 16.2. The first kappa shape index (κ1) is 49.7. The van der Waals surface area contributed by atoms with E-state index in [1.54, 1.807) is 18.2 Å². The van der Waals surface area contributed by atoms with E-state index in [-0.39, 0.29) is 23.9 Å². The summed E-state index contributed by atoms with van der Waals surface area (Å²) in [5, 5.41) is 6.06. The third-order valence-electron chi connectivity index (χ3n) is 12.4. The minimum atomic E-state index is -3.54. The van der Waals surface area contributed by atoms with Crippen LogP contribution in [0.2, 0.25) is 0 Å². The average Bonchev–Trinajstić information content (AvgIpc) is 3.72. The number of piperidine rings is 1. The van der Waals surface area contributed by atoms with Crippen molar-refractivity contribution in [1.29, 1.82) is 0 Å². The van der Waals surface area contributed by atoms with Gasteiger partial charge in [-0.05, 0) is 69.4 Å². The average molecular weight is 954 g/mol. The molecule has 68 heavy (non-hydrogen) atoms. The number of nitrogens with zero attached hydrogens (tertiary/aromatic N) is 10. The van der Waals surface area contributed by atoms with Crippen molar-refractivity contribution in [2.45, 2.75) is 110 Å². The number of ether oxygens (including phenoxy) is 2. The van der Waals surface area contributed by atoms with Crippen LogP contribution in [0.15, 0.2) is 58.5 Å². The van der Waals surface area contributed by atoms with E-state index in [9.17, 15) is 8.42 Å². The Balaban J connectivity index is 0.000000222. The van der Waals surface area contributed by atoms with Gasteiger partial charge in [-0.15, -0.1) is 0 Å². The Bertz CT molecular complexity index is 2620. The number of nitrogens with one attached hydrogen (secondary N) is 1. The first-order chi connectivity index (χ1) is 32.8. The van der Waals surface area contributed by atoms with Crippen LogP contribution in [0, 0.1) is 6.92 Å². The fraction of sp³-hybridized carbons (Fsp3) is 0.542. The van der Waals surface area contributed by atoms with E-state index in [1.165, 1.54) is 64.2 Å². The molecule has 3 aromatic heterocycles. The van der Waals surface area contributed by atoms with Gasteiger partial charge in [0.15, 0.2) is 17.6 Å². The molecule has 368 valence electrons. The predicted molar refractivity (Wildman–Crippen MR) is 274 cm³/mol. The maximum Gasteiger partial charge on any atom is 0.239 e. The highest BCUT2D eigenvalue weighted by Gasteiger charge is 2.31. The zero-order chi connectivity index (χ0) is 48.0. The van der Waals surface area contributed by atoms with E-state index >= 15 is 0 Å². The van der Waals surface area contributed by atoms with Crippen molar-refractivity contribution in [1.82, 2.24) is 24.6 Å². The second kappa shape index (κ2) is 23.7. The SMILES string of the molecule is CCCCCCCCCCCCOc1ccc(N=C(N)N)cc1N=C(N)N.Cc1ccc2nc(NS(C)(=O)=O)nc(N3CCCC[C@@H]3c3cc4nc(N5CCC5)cc(N5CCOCC5)n4n3)c2c1. The Hall–Kier alpha value is -6.15. The molecule has 2 aromatic carbocycles. The van der Waals surface area contributed by atoms with E-state index in [1.807, 2.05) is 23.6 Å². The molecule has 3 fully saturated rings. The summed E-state index contributed by atoms with van der Waals surface area (Å²) >= 11 is 0. The number of aryl methyl sites for hydroxylation is 1. The van der Waals surface area contributed by atoms with Gasteiger partial charge in [-0.1, -0.05) is 76.3 Å². The number of morpholine rings is 1. The number of sulfonamides is 1. The number of rotatable bonds is 20. The molecule has 9 N–H and O–H groups in total. The first-order valence-electron chi connectivity index (χ1n) is 24.3. The Morgan fingerprint density at radius 2 is 1.51 bits per heavy atom. The fourth-order valence-electron chi connectivity index (χ4n) is 8.84. The lowest BCUT2D eigenvalue weighted by Gasteiger charge is -2.36. The summed E-state index contributed by atoms with van der Waals surface area (Å²) in [6.45, 7) is 10.7. The molecule has 3 saturated heterocycles. The Kier molecular flexibility index (Phi) is 17.4. The maximum absolute atomic E-state index is 12.1. The van der Waals surface area contributed by atoms with Gasteiger partial charge < -0.3 is 47.1 Å². The molecule has 0 amide bonds. The Morgan fingerprint density at radius 1 is 0.794 bits per heavy atom. The van der Waals surface area contributed by atoms with Crippen LogP contribution in [0.5, 0.6) is 5.75 Å². The van der Waals surface area contributed by atoms with Gasteiger partial charge in [0.2, 0.25) is 16.0 Å². The molecule has 8 rings (SSSR count). The Morgan fingerprint density at radius 3 is 2.19 bits per heavy atom. The molecule has 0 radical (unpaired) electrons. The molecule has 19 nitrogen and oxygen atoms in total. The van der Waals surface area contributed by atoms with Gasteiger partial charge in [-0.2, -0.15) is 14.6 Å². The minimum absolute atomic E-state index is 0.0234. The predicted octanol–water partition coefficient (Wildman–Crippen LogP) is 6.93. The number of fused-ring (bicyclic) bond motifs is 2. The number of unbranched alkanes of at least 4 members (excludes halogenated alkanes) is 9. The van der Waals surface area contributed by atoms with E-state index in [0.29, 0.717) is 48.3 Å². The highest BCUT2D eigenvalue weighted by Crippen LogP contribution is 2.39. The molecule has 0 saturated carbocycles. The van der Waals surface area contributed by atoms with Crippen molar-refractivity contribution in [2.24, 2.45) is 32.9 Å². The van der Waals surface area contributed by atoms with Gasteiger partial charge in [0.25, 0.3) is 0 Å². The number of benzene rings is 2. The fourth-order valence-corrected chi connectivity index (χ4v) is 9.27. The quantitative estimate of drug-likeness (QED) is 0.0301. The topological polar surface area (TPSA) is 259 Å².